The van der Waals surface area contributed by atoms with Gasteiger partial charge >= 0.3 is 0 Å². The number of benzene rings is 1. The molecule has 0 spiro atoms. The van der Waals surface area contributed by atoms with Gasteiger partial charge in [0.15, 0.2) is 0 Å². The summed E-state index contributed by atoms with van der Waals surface area (Å²) in [6.07, 6.45) is 4.82. The summed E-state index contributed by atoms with van der Waals surface area (Å²) in [7, 11) is 0. The maximum Gasteiger partial charge on any atom is 0.243 e. The first-order valence-electron chi connectivity index (χ1n) is 5.85. The Labute approximate surface area is 116 Å². The summed E-state index contributed by atoms with van der Waals surface area (Å²) in [4.78, 5) is 11.3. The molecule has 0 radical (unpaired) electrons. The van der Waals surface area contributed by atoms with Gasteiger partial charge in [-0.25, -0.2) is 0 Å². The second kappa shape index (κ2) is 6.20. The van der Waals surface area contributed by atoms with Gasteiger partial charge in [0, 0.05) is 24.0 Å². The van der Waals surface area contributed by atoms with Gasteiger partial charge in [0.25, 0.3) is 0 Å². The molecule has 1 unspecified atom stereocenters. The summed E-state index contributed by atoms with van der Waals surface area (Å²) in [6, 6.07) is 9.27. The van der Waals surface area contributed by atoms with Crippen molar-refractivity contribution in [3.63, 3.8) is 0 Å². The summed E-state index contributed by atoms with van der Waals surface area (Å²) in [5.74, 6) is -0.203. The fourth-order valence-corrected chi connectivity index (χ4v) is 1.91. The van der Waals surface area contributed by atoms with Crippen molar-refractivity contribution in [2.75, 3.05) is 6.54 Å². The minimum atomic E-state index is -0.203. The van der Waals surface area contributed by atoms with Crippen molar-refractivity contribution in [3.05, 3.63) is 66.0 Å². The minimum absolute atomic E-state index is 0.0730. The Morgan fingerprint density at radius 2 is 2.21 bits per heavy atom. The molecule has 0 saturated heterocycles. The molecule has 0 saturated carbocycles. The Bertz CT molecular complexity index is 549. The fraction of sp³-hybridized carbons (Fsp3) is 0.143. The van der Waals surface area contributed by atoms with Crippen molar-refractivity contribution in [2.24, 2.45) is 0 Å². The molecule has 98 valence electrons. The first kappa shape index (κ1) is 13.4. The molecule has 1 aromatic carbocycles. The van der Waals surface area contributed by atoms with Crippen LogP contribution in [0.25, 0.3) is 0 Å². The van der Waals surface area contributed by atoms with Crippen LogP contribution in [0.3, 0.4) is 0 Å². The Morgan fingerprint density at radius 1 is 1.47 bits per heavy atom. The van der Waals surface area contributed by atoms with Gasteiger partial charge in [0.2, 0.25) is 5.91 Å². The lowest BCUT2D eigenvalue weighted by Gasteiger charge is -2.18. The predicted molar refractivity (Wildman–Crippen MR) is 75.0 cm³/mol. The van der Waals surface area contributed by atoms with Crippen molar-refractivity contribution in [1.29, 1.82) is 0 Å². The van der Waals surface area contributed by atoms with E-state index in [0.717, 1.165) is 5.56 Å². The van der Waals surface area contributed by atoms with Crippen LogP contribution in [-0.2, 0) is 4.79 Å². The highest BCUT2D eigenvalue weighted by atomic mass is 35.5. The first-order chi connectivity index (χ1) is 9.20. The lowest BCUT2D eigenvalue weighted by Crippen LogP contribution is -2.30. The van der Waals surface area contributed by atoms with Crippen LogP contribution in [0, 0.1) is 0 Å². The van der Waals surface area contributed by atoms with Gasteiger partial charge in [-0.1, -0.05) is 30.3 Å². The largest absolute Gasteiger partial charge is 0.350 e. The lowest BCUT2D eigenvalue weighted by atomic mass is 10.1. The van der Waals surface area contributed by atoms with Crippen LogP contribution in [0.4, 0.5) is 0 Å². The number of hydrogen-bond donors (Lipinski definition) is 1. The van der Waals surface area contributed by atoms with E-state index in [9.17, 15) is 4.79 Å². The standard InChI is InChI=1S/C14H14ClN3O/c1-2-14(19)16-10-13(18-9-3-8-17-18)11-4-6-12(15)7-5-11/h2-9,13H,1,10H2,(H,16,19). The Hall–Kier alpha value is -2.07. The molecule has 0 bridgehead atoms. The zero-order valence-corrected chi connectivity index (χ0v) is 11.0. The van der Waals surface area contributed by atoms with Gasteiger partial charge in [-0.05, 0) is 29.8 Å². The number of carbonyl (C=O) groups excluding carboxylic acids is 1. The van der Waals surface area contributed by atoms with Gasteiger partial charge in [-0.15, -0.1) is 0 Å². The molecule has 5 heteroatoms. The van der Waals surface area contributed by atoms with E-state index in [1.165, 1.54) is 6.08 Å². The van der Waals surface area contributed by atoms with Gasteiger partial charge in [0.05, 0.1) is 6.04 Å². The van der Waals surface area contributed by atoms with E-state index in [0.29, 0.717) is 11.6 Å². The van der Waals surface area contributed by atoms with E-state index in [2.05, 4.69) is 17.0 Å². The number of carbonyl (C=O) groups is 1. The number of rotatable bonds is 5. The van der Waals surface area contributed by atoms with Crippen molar-refractivity contribution >= 4 is 17.5 Å². The summed E-state index contributed by atoms with van der Waals surface area (Å²) in [6.45, 7) is 3.87. The molecule has 0 aliphatic heterocycles. The van der Waals surface area contributed by atoms with Crippen molar-refractivity contribution in [1.82, 2.24) is 15.1 Å². The van der Waals surface area contributed by atoms with E-state index in [1.807, 2.05) is 36.5 Å². The summed E-state index contributed by atoms with van der Waals surface area (Å²) in [5.41, 5.74) is 1.03. The van der Waals surface area contributed by atoms with Crippen LogP contribution < -0.4 is 5.32 Å². The van der Waals surface area contributed by atoms with Crippen LogP contribution in [0.2, 0.25) is 5.02 Å². The van der Waals surface area contributed by atoms with Gasteiger partial charge in [-0.2, -0.15) is 5.10 Å². The van der Waals surface area contributed by atoms with E-state index >= 15 is 0 Å². The summed E-state index contributed by atoms with van der Waals surface area (Å²) >= 11 is 5.89. The van der Waals surface area contributed by atoms with E-state index in [-0.39, 0.29) is 11.9 Å². The first-order valence-corrected chi connectivity index (χ1v) is 6.23. The highest BCUT2D eigenvalue weighted by molar-refractivity contribution is 6.30. The molecule has 0 aliphatic carbocycles. The van der Waals surface area contributed by atoms with Crippen molar-refractivity contribution in [3.8, 4) is 0 Å². The molecule has 1 N–H and O–H groups in total. The minimum Gasteiger partial charge on any atom is -0.350 e. The Morgan fingerprint density at radius 3 is 2.79 bits per heavy atom. The predicted octanol–water partition coefficient (Wildman–Crippen LogP) is 2.43. The molecule has 19 heavy (non-hydrogen) atoms. The molecule has 2 aromatic rings. The highest BCUT2D eigenvalue weighted by Crippen LogP contribution is 2.19. The molecule has 1 amide bonds. The maximum atomic E-state index is 11.3. The third kappa shape index (κ3) is 3.45. The monoisotopic (exact) mass is 275 g/mol. The molecule has 0 fully saturated rings. The average molecular weight is 276 g/mol. The number of nitrogens with zero attached hydrogens (tertiary/aromatic N) is 2. The summed E-state index contributed by atoms with van der Waals surface area (Å²) in [5, 5.41) is 7.69. The van der Waals surface area contributed by atoms with E-state index in [4.69, 9.17) is 11.6 Å². The SMILES string of the molecule is C=CC(=O)NCC(c1ccc(Cl)cc1)n1cccn1. The number of hydrogen-bond acceptors (Lipinski definition) is 2. The second-order valence-electron chi connectivity index (χ2n) is 4.00. The van der Waals surface area contributed by atoms with Crippen molar-refractivity contribution in [2.45, 2.75) is 6.04 Å². The summed E-state index contributed by atoms with van der Waals surface area (Å²) < 4.78 is 1.80. The molecule has 2 rings (SSSR count). The maximum absolute atomic E-state index is 11.3. The van der Waals surface area contributed by atoms with Crippen LogP contribution >= 0.6 is 11.6 Å². The van der Waals surface area contributed by atoms with E-state index < -0.39 is 0 Å². The molecule has 1 atom stereocenters. The molecule has 0 aliphatic rings. The Kier molecular flexibility index (Phi) is 4.36. The zero-order valence-electron chi connectivity index (χ0n) is 10.3. The second-order valence-corrected chi connectivity index (χ2v) is 4.44. The highest BCUT2D eigenvalue weighted by Gasteiger charge is 2.14. The number of halogens is 1. The third-order valence-corrected chi connectivity index (χ3v) is 3.01. The van der Waals surface area contributed by atoms with Crippen LogP contribution in [-0.4, -0.2) is 22.2 Å². The van der Waals surface area contributed by atoms with E-state index in [1.54, 1.807) is 10.9 Å². The number of nitrogens with one attached hydrogen (secondary N) is 1. The molecular weight excluding hydrogens is 262 g/mol. The normalized spacial score (nSPS) is 11.8. The van der Waals surface area contributed by atoms with Crippen LogP contribution in [0.5, 0.6) is 0 Å². The third-order valence-electron chi connectivity index (χ3n) is 2.75. The molecule has 1 aromatic heterocycles. The van der Waals surface area contributed by atoms with Crippen molar-refractivity contribution < 1.29 is 4.79 Å². The van der Waals surface area contributed by atoms with Crippen LogP contribution in [0.15, 0.2) is 55.4 Å². The molecular formula is C14H14ClN3O. The molecule has 4 nitrogen and oxygen atoms in total. The molecule has 1 heterocycles. The number of aromatic nitrogens is 2. The van der Waals surface area contributed by atoms with Gasteiger partial charge in [-0.3, -0.25) is 9.48 Å². The zero-order chi connectivity index (χ0) is 13.7. The van der Waals surface area contributed by atoms with Crippen LogP contribution in [0.1, 0.15) is 11.6 Å². The topological polar surface area (TPSA) is 46.9 Å². The fourth-order valence-electron chi connectivity index (χ4n) is 1.78. The quantitative estimate of drug-likeness (QED) is 0.852. The Balaban J connectivity index is 2.21. The number of amides is 1. The smallest absolute Gasteiger partial charge is 0.243 e. The van der Waals surface area contributed by atoms with Gasteiger partial charge < -0.3 is 5.32 Å². The average Bonchev–Trinajstić information content (AvgIpc) is 2.94. The van der Waals surface area contributed by atoms with Gasteiger partial charge in [0.1, 0.15) is 0 Å². The lowest BCUT2D eigenvalue weighted by molar-refractivity contribution is -0.116.